The van der Waals surface area contributed by atoms with Gasteiger partial charge in [-0.25, -0.2) is 4.99 Å². The molecule has 0 aromatic heterocycles. The van der Waals surface area contributed by atoms with Gasteiger partial charge < -0.3 is 20.3 Å². The van der Waals surface area contributed by atoms with Crippen LogP contribution in [0.2, 0.25) is 5.02 Å². The van der Waals surface area contributed by atoms with Gasteiger partial charge in [0, 0.05) is 57.9 Å². The van der Waals surface area contributed by atoms with E-state index in [9.17, 15) is 4.79 Å². The van der Waals surface area contributed by atoms with E-state index in [1.54, 1.807) is 7.11 Å². The van der Waals surface area contributed by atoms with E-state index >= 15 is 0 Å². The lowest BCUT2D eigenvalue weighted by Crippen LogP contribution is -2.52. The topological polar surface area (TPSA) is 69.2 Å². The van der Waals surface area contributed by atoms with Crippen LogP contribution in [0.5, 0.6) is 0 Å². The number of hydrogen-bond donors (Lipinski definition) is 2. The first kappa shape index (κ1) is 24.9. The average Bonchev–Trinajstić information content (AvgIpc) is 2.66. The van der Waals surface area contributed by atoms with Gasteiger partial charge in [-0.2, -0.15) is 0 Å². The summed E-state index contributed by atoms with van der Waals surface area (Å²) in [4.78, 5) is 20.9. The van der Waals surface area contributed by atoms with Crippen LogP contribution >= 0.6 is 35.6 Å². The molecule has 0 spiro atoms. The maximum atomic E-state index is 11.9. The lowest BCUT2D eigenvalue weighted by atomic mass is 10.2. The first-order chi connectivity index (χ1) is 13.1. The smallest absolute Gasteiger partial charge is 0.241 e. The van der Waals surface area contributed by atoms with E-state index in [2.05, 4.69) is 31.5 Å². The maximum absolute atomic E-state index is 11.9. The number of methoxy groups -OCH3 is 1. The van der Waals surface area contributed by atoms with Crippen molar-refractivity contribution in [3.63, 3.8) is 0 Å². The Morgan fingerprint density at radius 3 is 2.64 bits per heavy atom. The Hall–Kier alpha value is -1.10. The number of aliphatic imine (C=N–C) groups is 1. The molecule has 0 aliphatic carbocycles. The predicted octanol–water partition coefficient (Wildman–Crippen LogP) is 1.80. The average molecular weight is 524 g/mol. The van der Waals surface area contributed by atoms with Crippen molar-refractivity contribution in [3.8, 4) is 0 Å². The molecule has 0 radical (unpaired) electrons. The van der Waals surface area contributed by atoms with Gasteiger partial charge in [0.2, 0.25) is 5.91 Å². The Morgan fingerprint density at radius 2 is 2.00 bits per heavy atom. The van der Waals surface area contributed by atoms with Crippen molar-refractivity contribution in [2.24, 2.45) is 4.99 Å². The van der Waals surface area contributed by atoms with Crippen LogP contribution < -0.4 is 10.6 Å². The Labute approximate surface area is 189 Å². The molecule has 2 N–H and O–H groups in total. The minimum atomic E-state index is -0.0953. The van der Waals surface area contributed by atoms with Gasteiger partial charge in [-0.15, -0.1) is 24.0 Å². The van der Waals surface area contributed by atoms with Crippen molar-refractivity contribution in [2.75, 3.05) is 59.5 Å². The summed E-state index contributed by atoms with van der Waals surface area (Å²) in [5.41, 5.74) is 1.23. The van der Waals surface area contributed by atoms with Gasteiger partial charge in [0.15, 0.2) is 5.96 Å². The zero-order valence-electron chi connectivity index (χ0n) is 16.6. The third-order valence-corrected chi connectivity index (χ3v) is 4.54. The van der Waals surface area contributed by atoms with Crippen molar-refractivity contribution >= 4 is 47.4 Å². The summed E-state index contributed by atoms with van der Waals surface area (Å²) in [6.45, 7) is 8.45. The molecule has 1 aliphatic rings. The van der Waals surface area contributed by atoms with Crippen molar-refractivity contribution in [2.45, 2.75) is 13.5 Å². The maximum Gasteiger partial charge on any atom is 0.241 e. The number of nitrogens with zero attached hydrogens (tertiary/aromatic N) is 3. The molecule has 1 fully saturated rings. The van der Waals surface area contributed by atoms with Crippen molar-refractivity contribution in [1.29, 1.82) is 0 Å². The number of piperazine rings is 1. The Morgan fingerprint density at radius 1 is 1.25 bits per heavy atom. The van der Waals surface area contributed by atoms with Gasteiger partial charge in [0.05, 0.1) is 6.61 Å². The molecule has 1 amide bonds. The highest BCUT2D eigenvalue weighted by Gasteiger charge is 2.20. The van der Waals surface area contributed by atoms with Crippen molar-refractivity contribution < 1.29 is 9.53 Å². The number of guanidine groups is 1. The first-order valence-corrected chi connectivity index (χ1v) is 9.76. The van der Waals surface area contributed by atoms with Crippen molar-refractivity contribution in [1.82, 2.24) is 20.4 Å². The molecule has 9 heteroatoms. The number of carbonyl (C=O) groups is 1. The summed E-state index contributed by atoms with van der Waals surface area (Å²) in [6, 6.07) is 8.00. The van der Waals surface area contributed by atoms with E-state index in [1.807, 2.05) is 25.1 Å². The van der Waals surface area contributed by atoms with Gasteiger partial charge in [-0.05, 0) is 24.6 Å². The molecular weight excluding hydrogens is 493 g/mol. The molecule has 1 aliphatic heterocycles. The predicted molar refractivity (Wildman–Crippen MR) is 125 cm³/mol. The highest BCUT2D eigenvalue weighted by atomic mass is 127. The van der Waals surface area contributed by atoms with Crippen LogP contribution in [-0.2, 0) is 16.1 Å². The van der Waals surface area contributed by atoms with E-state index in [-0.39, 0.29) is 36.4 Å². The zero-order chi connectivity index (χ0) is 19.5. The summed E-state index contributed by atoms with van der Waals surface area (Å²) in [7, 11) is 1.61. The molecule has 28 heavy (non-hydrogen) atoms. The highest BCUT2D eigenvalue weighted by molar-refractivity contribution is 14.0. The molecule has 1 saturated heterocycles. The van der Waals surface area contributed by atoms with Crippen LogP contribution in [0.1, 0.15) is 12.5 Å². The van der Waals surface area contributed by atoms with E-state index in [0.717, 1.165) is 50.3 Å². The highest BCUT2D eigenvalue weighted by Crippen LogP contribution is 2.14. The summed E-state index contributed by atoms with van der Waals surface area (Å²) in [6.07, 6.45) is 0. The summed E-state index contributed by atoms with van der Waals surface area (Å²) in [5.74, 6) is 0.698. The second kappa shape index (κ2) is 14.0. The minimum Gasteiger partial charge on any atom is -0.383 e. The molecule has 2 rings (SSSR count). The Balaban J connectivity index is 0.00000392. The minimum absolute atomic E-state index is 0. The lowest BCUT2D eigenvalue weighted by molar-refractivity contribution is -0.119. The number of amides is 1. The Kier molecular flexibility index (Phi) is 12.4. The van der Waals surface area contributed by atoms with E-state index in [1.165, 1.54) is 5.56 Å². The number of ether oxygens (including phenoxy) is 1. The molecule has 1 heterocycles. The molecule has 7 nitrogen and oxygen atoms in total. The molecule has 1 aromatic rings. The third-order valence-electron chi connectivity index (χ3n) is 4.30. The van der Waals surface area contributed by atoms with Gasteiger partial charge in [0.1, 0.15) is 6.54 Å². The molecule has 158 valence electrons. The normalized spacial score (nSPS) is 15.1. The number of halogens is 2. The quantitative estimate of drug-likeness (QED) is 0.235. The van der Waals surface area contributed by atoms with Gasteiger partial charge in [-0.3, -0.25) is 9.69 Å². The number of benzene rings is 1. The second-order valence-electron chi connectivity index (χ2n) is 6.41. The van der Waals surface area contributed by atoms with E-state index in [0.29, 0.717) is 13.2 Å². The first-order valence-electron chi connectivity index (χ1n) is 9.38. The monoisotopic (exact) mass is 523 g/mol. The largest absolute Gasteiger partial charge is 0.383 e. The molecular formula is C19H31ClIN5O2. The standard InChI is InChI=1S/C19H30ClN5O2.HI/c1-3-21-19(23-14-18(26)22-7-12-27-2)25-10-8-24(9-11-25)15-16-5-4-6-17(20)13-16;/h4-6,13H,3,7-12,14-15H2,1-2H3,(H,21,23)(H,22,26);1H. The van der Waals surface area contributed by atoms with Crippen LogP contribution in [0.4, 0.5) is 0 Å². The Bertz CT molecular complexity index is 624. The van der Waals surface area contributed by atoms with Gasteiger partial charge in [0.25, 0.3) is 0 Å². The van der Waals surface area contributed by atoms with Crippen LogP contribution in [0, 0.1) is 0 Å². The second-order valence-corrected chi connectivity index (χ2v) is 6.84. The number of carbonyl (C=O) groups excluding carboxylic acids is 1. The molecule has 0 atom stereocenters. The fourth-order valence-electron chi connectivity index (χ4n) is 2.93. The van der Waals surface area contributed by atoms with Crippen LogP contribution in [0.25, 0.3) is 0 Å². The van der Waals surface area contributed by atoms with Crippen LogP contribution in [-0.4, -0.2) is 81.2 Å². The van der Waals surface area contributed by atoms with E-state index < -0.39 is 0 Å². The number of nitrogens with one attached hydrogen (secondary N) is 2. The third kappa shape index (κ3) is 8.93. The van der Waals surface area contributed by atoms with Crippen molar-refractivity contribution in [3.05, 3.63) is 34.9 Å². The summed E-state index contributed by atoms with van der Waals surface area (Å²) >= 11 is 6.07. The fraction of sp³-hybridized carbons (Fsp3) is 0.579. The van der Waals surface area contributed by atoms with E-state index in [4.69, 9.17) is 16.3 Å². The zero-order valence-corrected chi connectivity index (χ0v) is 19.7. The number of hydrogen-bond acceptors (Lipinski definition) is 4. The summed E-state index contributed by atoms with van der Waals surface area (Å²) < 4.78 is 4.93. The number of rotatable bonds is 8. The van der Waals surface area contributed by atoms with Crippen LogP contribution in [0.3, 0.4) is 0 Å². The summed E-state index contributed by atoms with van der Waals surface area (Å²) in [5, 5.41) is 6.84. The molecule has 0 bridgehead atoms. The molecule has 0 unspecified atom stereocenters. The fourth-order valence-corrected chi connectivity index (χ4v) is 3.15. The molecule has 1 aromatic carbocycles. The van der Waals surface area contributed by atoms with Crippen LogP contribution in [0.15, 0.2) is 29.3 Å². The molecule has 0 saturated carbocycles. The lowest BCUT2D eigenvalue weighted by Gasteiger charge is -2.36. The SMILES string of the molecule is CCNC(=NCC(=O)NCCOC)N1CCN(Cc2cccc(Cl)c2)CC1.I. The van der Waals surface area contributed by atoms with Gasteiger partial charge in [-0.1, -0.05) is 23.7 Å². The van der Waals surface area contributed by atoms with Gasteiger partial charge >= 0.3 is 0 Å².